The van der Waals surface area contributed by atoms with Crippen LogP contribution in [0.3, 0.4) is 0 Å². The third-order valence-corrected chi connectivity index (χ3v) is 1.89. The first kappa shape index (κ1) is 7.63. The van der Waals surface area contributed by atoms with Crippen LogP contribution in [0.15, 0.2) is 34.8 Å². The van der Waals surface area contributed by atoms with Gasteiger partial charge >= 0.3 is 0 Å². The molecule has 1 nitrogen and oxygen atoms in total. The lowest BCUT2D eigenvalue weighted by atomic mass is 10.3. The molecule has 0 aromatic carbocycles. The van der Waals surface area contributed by atoms with Crippen LogP contribution in [0.25, 0.3) is 0 Å². The average Bonchev–Trinajstić information content (AvgIpc) is 2.14. The van der Waals surface area contributed by atoms with E-state index in [1.54, 1.807) is 0 Å². The Hall–Kier alpha value is -0.470. The van der Waals surface area contributed by atoms with Crippen molar-refractivity contribution in [1.82, 2.24) is 0 Å². The molecule has 1 aliphatic carbocycles. The molecule has 1 aliphatic rings. The van der Waals surface area contributed by atoms with Crippen molar-refractivity contribution in [3.63, 3.8) is 0 Å². The number of hydrogen-bond donors (Lipinski definition) is 1. The second-order valence-electron chi connectivity index (χ2n) is 2.24. The summed E-state index contributed by atoms with van der Waals surface area (Å²) in [5.74, 6) is 0. The lowest BCUT2D eigenvalue weighted by Crippen LogP contribution is -1.69. The van der Waals surface area contributed by atoms with Gasteiger partial charge in [0.1, 0.15) is 0 Å². The van der Waals surface area contributed by atoms with E-state index in [-0.39, 0.29) is 0 Å². The van der Waals surface area contributed by atoms with Crippen LogP contribution in [0.5, 0.6) is 0 Å². The van der Waals surface area contributed by atoms with Gasteiger partial charge in [-0.3, -0.25) is 0 Å². The van der Waals surface area contributed by atoms with Crippen molar-refractivity contribution in [2.24, 2.45) is 0 Å². The molecule has 0 saturated heterocycles. The van der Waals surface area contributed by atoms with Gasteiger partial charge in [-0.05, 0) is 19.4 Å². The molecule has 0 amide bonds. The van der Waals surface area contributed by atoms with Gasteiger partial charge in [0.25, 0.3) is 0 Å². The Morgan fingerprint density at radius 2 is 2.30 bits per heavy atom. The molecular formula is C8H10OS. The Kier molecular flexibility index (Phi) is 2.78. The van der Waals surface area contributed by atoms with E-state index >= 15 is 0 Å². The van der Waals surface area contributed by atoms with E-state index in [0.717, 1.165) is 23.4 Å². The molecule has 0 bridgehead atoms. The van der Waals surface area contributed by atoms with Gasteiger partial charge < -0.3 is 4.55 Å². The van der Waals surface area contributed by atoms with Crippen LogP contribution < -0.4 is 0 Å². The summed E-state index contributed by atoms with van der Waals surface area (Å²) in [6.45, 7) is 2.04. The fourth-order valence-corrected chi connectivity index (χ4v) is 1.08. The van der Waals surface area contributed by atoms with Crippen LogP contribution in [0, 0.1) is 0 Å². The van der Waals surface area contributed by atoms with Crippen molar-refractivity contribution >= 4 is 12.0 Å². The molecule has 0 aromatic rings. The summed E-state index contributed by atoms with van der Waals surface area (Å²) < 4.78 is 8.69. The number of rotatable bonds is 1. The van der Waals surface area contributed by atoms with E-state index in [1.807, 2.05) is 25.2 Å². The molecule has 1 N–H and O–H groups in total. The monoisotopic (exact) mass is 154 g/mol. The van der Waals surface area contributed by atoms with Crippen molar-refractivity contribution in [1.29, 1.82) is 0 Å². The maximum atomic E-state index is 8.69. The third kappa shape index (κ3) is 2.05. The van der Waals surface area contributed by atoms with Crippen LogP contribution in [0.1, 0.15) is 13.3 Å². The van der Waals surface area contributed by atoms with Gasteiger partial charge in [0.2, 0.25) is 0 Å². The van der Waals surface area contributed by atoms with Gasteiger partial charge in [-0.15, -0.1) is 0 Å². The van der Waals surface area contributed by atoms with Crippen LogP contribution in [-0.2, 0) is 0 Å². The molecule has 0 heterocycles. The maximum absolute atomic E-state index is 8.69. The van der Waals surface area contributed by atoms with Crippen molar-refractivity contribution in [3.05, 3.63) is 34.8 Å². The van der Waals surface area contributed by atoms with E-state index in [2.05, 4.69) is 6.08 Å². The van der Waals surface area contributed by atoms with E-state index in [4.69, 9.17) is 4.55 Å². The number of hydrogen-bond acceptors (Lipinski definition) is 2. The van der Waals surface area contributed by atoms with Gasteiger partial charge in [0.15, 0.2) is 0 Å². The zero-order valence-electron chi connectivity index (χ0n) is 5.87. The lowest BCUT2D eigenvalue weighted by Gasteiger charge is -1.91. The molecule has 0 radical (unpaired) electrons. The van der Waals surface area contributed by atoms with E-state index in [0.29, 0.717) is 0 Å². The average molecular weight is 154 g/mol. The first-order chi connectivity index (χ1) is 4.83. The molecular weight excluding hydrogens is 144 g/mol. The minimum Gasteiger partial charge on any atom is -0.326 e. The Morgan fingerprint density at radius 3 is 3.00 bits per heavy atom. The van der Waals surface area contributed by atoms with Crippen molar-refractivity contribution < 1.29 is 4.55 Å². The lowest BCUT2D eigenvalue weighted by molar-refractivity contribution is 0.668. The standard InChI is InChI=1S/C8H10OS/c1-7-3-2-4-8(10-9)6-5-7/h2-3,5-6,9H,4H2,1H3. The first-order valence-corrected chi connectivity index (χ1v) is 3.95. The Bertz CT molecular complexity index is 201. The van der Waals surface area contributed by atoms with Crippen molar-refractivity contribution in [2.45, 2.75) is 13.3 Å². The smallest absolute Gasteiger partial charge is 0.0202 e. The van der Waals surface area contributed by atoms with Gasteiger partial charge in [0.05, 0.1) is 0 Å². The normalized spacial score (nSPS) is 17.8. The molecule has 0 atom stereocenters. The molecule has 0 fully saturated rings. The Balaban J connectivity index is 2.74. The van der Waals surface area contributed by atoms with E-state index in [1.165, 1.54) is 5.57 Å². The van der Waals surface area contributed by atoms with E-state index in [9.17, 15) is 0 Å². The Morgan fingerprint density at radius 1 is 1.50 bits per heavy atom. The van der Waals surface area contributed by atoms with Gasteiger partial charge in [-0.25, -0.2) is 0 Å². The predicted octanol–water partition coefficient (Wildman–Crippen LogP) is 2.98. The summed E-state index contributed by atoms with van der Waals surface area (Å²) in [5, 5.41) is 0. The summed E-state index contributed by atoms with van der Waals surface area (Å²) in [6, 6.07) is 0. The quantitative estimate of drug-likeness (QED) is 0.586. The second kappa shape index (κ2) is 3.64. The summed E-state index contributed by atoms with van der Waals surface area (Å²) in [5.41, 5.74) is 1.23. The highest BCUT2D eigenvalue weighted by molar-refractivity contribution is 7.97. The van der Waals surface area contributed by atoms with Crippen LogP contribution in [0.4, 0.5) is 0 Å². The highest BCUT2D eigenvalue weighted by Crippen LogP contribution is 2.19. The summed E-state index contributed by atoms with van der Waals surface area (Å²) in [4.78, 5) is 0.994. The molecule has 10 heavy (non-hydrogen) atoms. The van der Waals surface area contributed by atoms with Crippen LogP contribution in [-0.4, -0.2) is 4.55 Å². The largest absolute Gasteiger partial charge is 0.326 e. The zero-order chi connectivity index (χ0) is 7.40. The molecule has 0 spiro atoms. The molecule has 1 rings (SSSR count). The summed E-state index contributed by atoms with van der Waals surface area (Å²) in [7, 11) is 0. The zero-order valence-corrected chi connectivity index (χ0v) is 6.69. The molecule has 2 heteroatoms. The summed E-state index contributed by atoms with van der Waals surface area (Å²) >= 11 is 0.826. The first-order valence-electron chi connectivity index (χ1n) is 3.18. The van der Waals surface area contributed by atoms with Crippen molar-refractivity contribution in [2.75, 3.05) is 0 Å². The highest BCUT2D eigenvalue weighted by atomic mass is 32.2. The third-order valence-electron chi connectivity index (χ3n) is 1.35. The Labute approximate surface area is 65.3 Å². The molecule has 0 aliphatic heterocycles. The fraction of sp³-hybridized carbons (Fsp3) is 0.250. The molecule has 54 valence electrons. The molecule has 0 saturated carbocycles. The minimum absolute atomic E-state index is 0.826. The summed E-state index contributed by atoms with van der Waals surface area (Å²) in [6.07, 6.45) is 8.89. The van der Waals surface area contributed by atoms with Gasteiger partial charge in [-0.1, -0.05) is 23.8 Å². The van der Waals surface area contributed by atoms with Gasteiger partial charge in [0, 0.05) is 16.9 Å². The van der Waals surface area contributed by atoms with Crippen molar-refractivity contribution in [3.8, 4) is 0 Å². The molecule has 0 aromatic heterocycles. The second-order valence-corrected chi connectivity index (χ2v) is 2.95. The molecule has 0 unspecified atom stereocenters. The topological polar surface area (TPSA) is 20.2 Å². The van der Waals surface area contributed by atoms with Crippen LogP contribution in [0.2, 0.25) is 0 Å². The SMILES string of the molecule is CC1=CC=C(SO)CC=C1. The number of allylic oxidation sites excluding steroid dienone is 6. The fourth-order valence-electron chi connectivity index (χ4n) is 0.777. The highest BCUT2D eigenvalue weighted by Gasteiger charge is 1.94. The maximum Gasteiger partial charge on any atom is 0.0202 e. The predicted molar refractivity (Wildman–Crippen MR) is 45.8 cm³/mol. The van der Waals surface area contributed by atoms with E-state index < -0.39 is 0 Å². The van der Waals surface area contributed by atoms with Crippen LogP contribution >= 0.6 is 12.0 Å². The van der Waals surface area contributed by atoms with Gasteiger partial charge in [-0.2, -0.15) is 0 Å². The minimum atomic E-state index is 0.826.